The first-order valence-corrected chi connectivity index (χ1v) is 7.22. The minimum atomic E-state index is -0.931. The van der Waals surface area contributed by atoms with Gasteiger partial charge in [-0.25, -0.2) is 4.79 Å². The van der Waals surface area contributed by atoms with Crippen LogP contribution in [0.15, 0.2) is 17.5 Å². The van der Waals surface area contributed by atoms with Gasteiger partial charge in [0.2, 0.25) is 0 Å². The third kappa shape index (κ3) is 6.81. The van der Waals surface area contributed by atoms with Crippen molar-refractivity contribution < 1.29 is 19.4 Å². The zero-order valence-corrected chi connectivity index (χ0v) is 12.7. The molecule has 0 spiro atoms. The van der Waals surface area contributed by atoms with E-state index in [1.54, 1.807) is 31.6 Å². The Balaban J connectivity index is 2.56. The molecule has 1 aromatic rings. The van der Waals surface area contributed by atoms with Crippen LogP contribution < -0.4 is 0 Å². The topological polar surface area (TPSA) is 59.0 Å². The first kappa shape index (κ1) is 16.8. The average Bonchev–Trinajstić information content (AvgIpc) is 2.87. The fourth-order valence-electron chi connectivity index (χ4n) is 1.67. The van der Waals surface area contributed by atoms with Crippen LogP contribution in [-0.4, -0.2) is 56.5 Å². The summed E-state index contributed by atoms with van der Waals surface area (Å²) in [7, 11) is 3.38. The molecule has 0 saturated heterocycles. The standard InChI is InChI=1S/C14H21NO4S/c1-18-7-5-15(6-8-19-2)10-13-9-12(11-20-13)3-4-14(16)17/h3-4,9,11H,5-8,10H2,1-2H3,(H,16,17). The summed E-state index contributed by atoms with van der Waals surface area (Å²) in [5, 5.41) is 10.6. The zero-order chi connectivity index (χ0) is 14.8. The summed E-state index contributed by atoms with van der Waals surface area (Å²) in [6.07, 6.45) is 2.76. The number of hydrogen-bond donors (Lipinski definition) is 1. The van der Waals surface area contributed by atoms with Crippen molar-refractivity contribution >= 4 is 23.4 Å². The summed E-state index contributed by atoms with van der Waals surface area (Å²) >= 11 is 1.63. The highest BCUT2D eigenvalue weighted by molar-refractivity contribution is 7.10. The van der Waals surface area contributed by atoms with Gasteiger partial charge in [0.15, 0.2) is 0 Å². The van der Waals surface area contributed by atoms with Crippen LogP contribution in [0.1, 0.15) is 10.4 Å². The first-order valence-electron chi connectivity index (χ1n) is 6.34. The van der Waals surface area contributed by atoms with Crippen LogP contribution in [0.4, 0.5) is 0 Å². The van der Waals surface area contributed by atoms with Crippen molar-refractivity contribution in [1.82, 2.24) is 4.90 Å². The highest BCUT2D eigenvalue weighted by atomic mass is 32.1. The number of carboxylic acid groups (broad SMARTS) is 1. The molecule has 0 aromatic carbocycles. The molecule has 6 heteroatoms. The Bertz CT molecular complexity index is 423. The van der Waals surface area contributed by atoms with Gasteiger partial charge in [-0.05, 0) is 23.1 Å². The van der Waals surface area contributed by atoms with Gasteiger partial charge in [-0.3, -0.25) is 4.90 Å². The SMILES string of the molecule is COCCN(CCOC)Cc1cc(C=CC(=O)O)cs1. The lowest BCUT2D eigenvalue weighted by Gasteiger charge is -2.20. The van der Waals surface area contributed by atoms with Gasteiger partial charge in [0.05, 0.1) is 13.2 Å². The first-order chi connectivity index (χ1) is 9.65. The van der Waals surface area contributed by atoms with Crippen LogP contribution in [0.25, 0.3) is 6.08 Å². The van der Waals surface area contributed by atoms with E-state index in [4.69, 9.17) is 14.6 Å². The Labute approximate surface area is 123 Å². The van der Waals surface area contributed by atoms with E-state index >= 15 is 0 Å². The van der Waals surface area contributed by atoms with Gasteiger partial charge in [-0.2, -0.15) is 0 Å². The molecule has 1 rings (SSSR count). The van der Waals surface area contributed by atoms with Crippen molar-refractivity contribution in [2.75, 3.05) is 40.5 Å². The zero-order valence-electron chi connectivity index (χ0n) is 11.9. The molecular formula is C14H21NO4S. The monoisotopic (exact) mass is 299 g/mol. The summed E-state index contributed by atoms with van der Waals surface area (Å²) in [6.45, 7) is 3.87. The molecule has 5 nitrogen and oxygen atoms in total. The van der Waals surface area contributed by atoms with Crippen LogP contribution in [0, 0.1) is 0 Å². The lowest BCUT2D eigenvalue weighted by atomic mass is 10.2. The maximum atomic E-state index is 10.5. The highest BCUT2D eigenvalue weighted by Gasteiger charge is 2.07. The van der Waals surface area contributed by atoms with Crippen LogP contribution in [0.2, 0.25) is 0 Å². The van der Waals surface area contributed by atoms with Gasteiger partial charge >= 0.3 is 5.97 Å². The van der Waals surface area contributed by atoms with Gasteiger partial charge in [0, 0.05) is 44.8 Å². The molecule has 20 heavy (non-hydrogen) atoms. The Morgan fingerprint density at radius 3 is 2.55 bits per heavy atom. The molecule has 0 bridgehead atoms. The maximum Gasteiger partial charge on any atom is 0.328 e. The Kier molecular flexibility index (Phi) is 8.13. The summed E-state index contributed by atoms with van der Waals surface area (Å²) in [5.41, 5.74) is 0.922. The molecule has 0 atom stereocenters. The molecule has 0 aliphatic carbocycles. The number of carbonyl (C=O) groups is 1. The van der Waals surface area contributed by atoms with E-state index in [0.717, 1.165) is 31.3 Å². The molecule has 0 radical (unpaired) electrons. The molecule has 0 aliphatic heterocycles. The quantitative estimate of drug-likeness (QED) is 0.669. The lowest BCUT2D eigenvalue weighted by molar-refractivity contribution is -0.131. The summed E-state index contributed by atoms with van der Waals surface area (Å²) in [6, 6.07) is 2.01. The second-order valence-electron chi connectivity index (χ2n) is 4.28. The number of hydrogen-bond acceptors (Lipinski definition) is 5. The average molecular weight is 299 g/mol. The third-order valence-electron chi connectivity index (χ3n) is 2.70. The van der Waals surface area contributed by atoms with Crippen LogP contribution in [-0.2, 0) is 20.8 Å². The third-order valence-corrected chi connectivity index (χ3v) is 3.63. The maximum absolute atomic E-state index is 10.5. The van der Waals surface area contributed by atoms with Gasteiger partial charge in [-0.15, -0.1) is 11.3 Å². The summed E-state index contributed by atoms with van der Waals surface area (Å²) in [4.78, 5) is 13.9. The molecular weight excluding hydrogens is 278 g/mol. The number of methoxy groups -OCH3 is 2. The number of carboxylic acids is 1. The molecule has 0 fully saturated rings. The number of nitrogens with zero attached hydrogens (tertiary/aromatic N) is 1. The molecule has 0 aliphatic rings. The second kappa shape index (κ2) is 9.66. The molecule has 1 aromatic heterocycles. The van der Waals surface area contributed by atoms with Gasteiger partial charge in [-0.1, -0.05) is 0 Å². The van der Waals surface area contributed by atoms with Crippen molar-refractivity contribution in [2.45, 2.75) is 6.54 Å². The van der Waals surface area contributed by atoms with Crippen LogP contribution in [0.5, 0.6) is 0 Å². The predicted molar refractivity (Wildman–Crippen MR) is 80.0 cm³/mol. The highest BCUT2D eigenvalue weighted by Crippen LogP contribution is 2.18. The lowest BCUT2D eigenvalue weighted by Crippen LogP contribution is -2.29. The smallest absolute Gasteiger partial charge is 0.328 e. The van der Waals surface area contributed by atoms with Crippen molar-refractivity contribution in [3.63, 3.8) is 0 Å². The molecule has 112 valence electrons. The molecule has 0 unspecified atom stereocenters. The van der Waals surface area contributed by atoms with E-state index in [9.17, 15) is 4.79 Å². The number of thiophene rings is 1. The van der Waals surface area contributed by atoms with Crippen LogP contribution in [0.3, 0.4) is 0 Å². The number of aliphatic carboxylic acids is 1. The minimum Gasteiger partial charge on any atom is -0.478 e. The normalized spacial score (nSPS) is 11.6. The summed E-state index contributed by atoms with van der Waals surface area (Å²) < 4.78 is 10.2. The molecule has 1 heterocycles. The van der Waals surface area contributed by atoms with Crippen molar-refractivity contribution in [3.8, 4) is 0 Å². The van der Waals surface area contributed by atoms with E-state index in [-0.39, 0.29) is 0 Å². The van der Waals surface area contributed by atoms with Gasteiger partial charge < -0.3 is 14.6 Å². The number of rotatable bonds is 10. The van der Waals surface area contributed by atoms with Crippen molar-refractivity contribution in [1.29, 1.82) is 0 Å². The minimum absolute atomic E-state index is 0.681. The van der Waals surface area contributed by atoms with E-state index in [1.807, 2.05) is 11.4 Å². The van der Waals surface area contributed by atoms with E-state index in [0.29, 0.717) is 13.2 Å². The second-order valence-corrected chi connectivity index (χ2v) is 5.28. The van der Waals surface area contributed by atoms with E-state index < -0.39 is 5.97 Å². The Morgan fingerprint density at radius 2 is 2.00 bits per heavy atom. The fraction of sp³-hybridized carbons (Fsp3) is 0.500. The Morgan fingerprint density at radius 1 is 1.35 bits per heavy atom. The van der Waals surface area contributed by atoms with Gasteiger partial charge in [0.1, 0.15) is 0 Å². The molecule has 0 saturated carbocycles. The van der Waals surface area contributed by atoms with E-state index in [2.05, 4.69) is 4.90 Å². The summed E-state index contributed by atoms with van der Waals surface area (Å²) in [5.74, 6) is -0.931. The van der Waals surface area contributed by atoms with Crippen molar-refractivity contribution in [3.05, 3.63) is 28.0 Å². The van der Waals surface area contributed by atoms with E-state index in [1.165, 1.54) is 4.88 Å². The number of ether oxygens (including phenoxy) is 2. The molecule has 1 N–H and O–H groups in total. The predicted octanol–water partition coefficient (Wildman–Crippen LogP) is 1.94. The van der Waals surface area contributed by atoms with Gasteiger partial charge in [0.25, 0.3) is 0 Å². The van der Waals surface area contributed by atoms with Crippen LogP contribution >= 0.6 is 11.3 Å². The van der Waals surface area contributed by atoms with Crippen molar-refractivity contribution in [2.24, 2.45) is 0 Å². The molecule has 0 amide bonds. The Hall–Kier alpha value is -1.21. The fourth-order valence-corrected chi connectivity index (χ4v) is 2.56. The largest absolute Gasteiger partial charge is 0.478 e.